The number of benzene rings is 3. The fourth-order valence-electron chi connectivity index (χ4n) is 13.9. The fourth-order valence-corrected chi connectivity index (χ4v) is 14.5. The summed E-state index contributed by atoms with van der Waals surface area (Å²) in [6.45, 7) is -0.861. The van der Waals surface area contributed by atoms with E-state index in [2.05, 4.69) is 138 Å². The van der Waals surface area contributed by atoms with E-state index in [0.29, 0.717) is 61.8 Å². The number of guanidine groups is 2. The van der Waals surface area contributed by atoms with Gasteiger partial charge in [0.05, 0.1) is 56.8 Å². The molecule has 0 saturated carbocycles. The Bertz CT molecular complexity index is 4860. The summed E-state index contributed by atoms with van der Waals surface area (Å²) in [5, 5.41) is 77.8. The molecule has 51 nitrogen and oxygen atoms in total. The second-order valence-electron chi connectivity index (χ2n) is 32.9. The van der Waals surface area contributed by atoms with Crippen molar-refractivity contribution in [2.45, 2.75) is 226 Å². The van der Waals surface area contributed by atoms with Gasteiger partial charge in [-0.15, -0.1) is 0 Å². The molecule has 54 heteroatoms. The molecule has 3 aromatic carbocycles. The summed E-state index contributed by atoms with van der Waals surface area (Å²) < 4.78 is 0. The SMILES string of the molecule is N=C(N)CCCCC1NC(=O)C(CS)NC(=O)C(Cc2ccccc2)NC(=O)C(CC(=O)O)NC(=O)CCC1=O.NC(N)=NCCC[C@@H]1NC(=O)[C@H](CCCCNC(=O)CNC(=O)[C@H](N)CS)NC(=O)[C@@H](Cc2ccccc2)NC(=O)[C@H](CC(=O)O)NC(=O)CNC1=O.NCCCC[C@@H]1NC(=O)[C@@H](Cc2ccccc2)NC(=O)[C@H](CC(=O)N[C@H](CS)C(=O)O)NC(=O)CNC(=O)[C@H](CCCN=C(N)N)NC1=O. The summed E-state index contributed by atoms with van der Waals surface area (Å²) in [6.07, 6.45) is 0.906. The number of unbranched alkanes of at least 4 members (excludes halogenated alkanes) is 3. The Kier molecular flexibility index (Phi) is 55.4. The van der Waals surface area contributed by atoms with Crippen LogP contribution < -0.4 is 131 Å². The van der Waals surface area contributed by atoms with Gasteiger partial charge in [0.25, 0.3) is 0 Å². The number of thiol groups is 3. The van der Waals surface area contributed by atoms with Gasteiger partial charge >= 0.3 is 17.9 Å². The fraction of sp³-hybridized carbons (Fsp3) is 0.523. The summed E-state index contributed by atoms with van der Waals surface area (Å²) in [5.41, 5.74) is 40.1. The highest BCUT2D eigenvalue weighted by Gasteiger charge is 2.39. The molecular formula is C88H131N27O24S3. The number of amidine groups is 1. The van der Waals surface area contributed by atoms with Crippen LogP contribution in [0.25, 0.3) is 0 Å². The van der Waals surface area contributed by atoms with Gasteiger partial charge in [-0.25, -0.2) is 4.79 Å². The van der Waals surface area contributed by atoms with E-state index in [4.69, 9.17) is 45.5 Å². The van der Waals surface area contributed by atoms with Crippen molar-refractivity contribution in [1.82, 2.24) is 90.4 Å². The number of rotatable bonds is 42. The minimum absolute atomic E-state index is 0.00363. The van der Waals surface area contributed by atoms with Crippen LogP contribution in [0.4, 0.5) is 0 Å². The highest BCUT2D eigenvalue weighted by molar-refractivity contribution is 7.80. The lowest BCUT2D eigenvalue weighted by molar-refractivity contribution is -0.141. The molecule has 35 N–H and O–H groups in total. The molecule has 6 rings (SSSR count). The standard InChI is InChI=1S/C32H49N11O9S.C30H46N10O8S.C26H36N6O7S/c33-19(17-53)27(48)38-15-24(44)36-11-5-4-9-21-29(50)41-20(10-6-12-37-32(34)35)28(49)39-16-25(45)40-23(14-26(46)47)31(52)43-22(30(51)42-21)13-18-7-2-1-3-8-18;31-11-5-4-9-19-26(44)38-18(10-6-12-34-30(32)33)25(43)35-15-24(42)36-21(14-23(41)37-22(16-49)29(47)48)28(46)40-20(27(45)39-19)13-17-7-2-1-3-8-17;27-21(28)9-5-4-8-16-20(33)10-11-22(34)29-18(13-23(35)36)25(38)31-17(12-15-6-2-1-3-7-15)24(37)32-19(14-40)26(39)30-16/h1-3,7-8,19-23,53H,4-6,9-17,33H2,(H,36,44)(H,38,48)(H,39,49)(H,40,45)(H,41,50)(H,42,51)(H,43,52)(H,46,47)(H4,34,35,37);1-3,7-8,18-22,49H,4-6,9-16,31H2,(H,35,43)(H,36,42)(H,37,41)(H,38,44)(H,39,45)(H,40,46)(H,47,48)(H4,32,33,34);1-3,6-7,16-19,40H,4-5,8-14H2,(H3,27,28)(H,29,34)(H,30,39)(H,31,38)(H,32,37)(H,35,36)/t19-,20+,21+,22-,23+;18-,19-,20+,21-,22+;/m10./s1. The Morgan fingerprint density at radius 2 is 0.746 bits per heavy atom. The maximum atomic E-state index is 13.8. The zero-order valence-electron chi connectivity index (χ0n) is 78.1. The number of carbonyl (C=O) groups is 21. The minimum Gasteiger partial charge on any atom is -0.481 e. The van der Waals surface area contributed by atoms with Gasteiger partial charge in [-0.3, -0.25) is 111 Å². The van der Waals surface area contributed by atoms with Crippen LogP contribution in [0.3, 0.4) is 0 Å². The van der Waals surface area contributed by atoms with E-state index in [1.165, 1.54) is 0 Å². The molecule has 780 valence electrons. The third-order valence-corrected chi connectivity index (χ3v) is 22.5. The van der Waals surface area contributed by atoms with Crippen LogP contribution in [0.2, 0.25) is 0 Å². The van der Waals surface area contributed by atoms with Crippen molar-refractivity contribution in [3.63, 3.8) is 0 Å². The molecule has 3 fully saturated rings. The Hall–Kier alpha value is -14.3. The molecule has 3 saturated heterocycles. The lowest BCUT2D eigenvalue weighted by Crippen LogP contribution is -2.58. The number of nitrogens with two attached hydrogens (primary N) is 7. The highest BCUT2D eigenvalue weighted by Crippen LogP contribution is 2.17. The Balaban J connectivity index is 0.000000448. The summed E-state index contributed by atoms with van der Waals surface area (Å²) in [4.78, 5) is 278. The molecular weight excluding hydrogens is 1920 g/mol. The maximum absolute atomic E-state index is 13.8. The molecule has 0 aliphatic carbocycles. The summed E-state index contributed by atoms with van der Waals surface area (Å²) in [7, 11) is 0. The molecule has 3 aliphatic heterocycles. The van der Waals surface area contributed by atoms with Gasteiger partial charge < -0.3 is 146 Å². The zero-order chi connectivity index (χ0) is 105. The van der Waals surface area contributed by atoms with E-state index in [1.807, 2.05) is 0 Å². The highest BCUT2D eigenvalue weighted by atomic mass is 32.1. The lowest BCUT2D eigenvalue weighted by Gasteiger charge is -2.26. The smallest absolute Gasteiger partial charge is 0.327 e. The molecule has 0 aromatic heterocycles. The molecule has 142 heavy (non-hydrogen) atoms. The van der Waals surface area contributed by atoms with Crippen LogP contribution in [0.5, 0.6) is 0 Å². The number of carboxylic acid groups (broad SMARTS) is 3. The third-order valence-electron chi connectivity index (χ3n) is 21.4. The Labute approximate surface area is 834 Å². The van der Waals surface area contributed by atoms with E-state index < -0.39 is 241 Å². The molecule has 0 radical (unpaired) electrons. The zero-order valence-corrected chi connectivity index (χ0v) is 80.7. The lowest BCUT2D eigenvalue weighted by atomic mass is 10.00. The van der Waals surface area contributed by atoms with Crippen molar-refractivity contribution in [3.8, 4) is 0 Å². The normalized spacial score (nSPS) is 21.5. The van der Waals surface area contributed by atoms with E-state index in [9.17, 15) is 116 Å². The Morgan fingerprint density at radius 3 is 1.13 bits per heavy atom. The van der Waals surface area contributed by atoms with Crippen LogP contribution >= 0.6 is 37.9 Å². The molecule has 3 heterocycles. The van der Waals surface area contributed by atoms with Crippen molar-refractivity contribution in [3.05, 3.63) is 108 Å². The molecule has 4 unspecified atom stereocenters. The molecule has 14 atom stereocenters. The first-order chi connectivity index (χ1) is 67.5. The number of carbonyl (C=O) groups excluding carboxylic acids is 18. The third kappa shape index (κ3) is 48.1. The number of ketones is 1. The first-order valence-corrected chi connectivity index (χ1v) is 47.5. The second-order valence-corrected chi connectivity index (χ2v) is 34.0. The molecule has 17 amide bonds. The Morgan fingerprint density at radius 1 is 0.394 bits per heavy atom. The minimum atomic E-state index is -1.61. The number of nitrogens with zero attached hydrogens (tertiary/aromatic N) is 2. The van der Waals surface area contributed by atoms with Crippen molar-refractivity contribution < 1.29 is 116 Å². The molecule has 3 aliphatic rings. The van der Waals surface area contributed by atoms with Crippen LogP contribution in [-0.2, 0) is 120 Å². The van der Waals surface area contributed by atoms with Crippen LogP contribution in [0.15, 0.2) is 101 Å². The number of amides is 17. The largest absolute Gasteiger partial charge is 0.481 e. The van der Waals surface area contributed by atoms with Crippen molar-refractivity contribution in [2.75, 3.05) is 63.1 Å². The number of hydrogen-bond donors (Lipinski definition) is 31. The molecule has 0 spiro atoms. The van der Waals surface area contributed by atoms with Gasteiger partial charge in [-0.2, -0.15) is 37.9 Å². The quantitative estimate of drug-likeness (QED) is 0.0108. The average molecular weight is 2050 g/mol. The van der Waals surface area contributed by atoms with E-state index in [-0.39, 0.29) is 145 Å². The van der Waals surface area contributed by atoms with Crippen molar-refractivity contribution in [2.24, 2.45) is 50.1 Å². The number of aliphatic carboxylic acids is 3. The molecule has 0 bridgehead atoms. The summed E-state index contributed by atoms with van der Waals surface area (Å²) in [6, 6.07) is 8.32. The van der Waals surface area contributed by atoms with E-state index in [0.717, 1.165) is 0 Å². The average Bonchev–Trinajstić information content (AvgIpc) is 1.39. The number of carboxylic acids is 3. The summed E-state index contributed by atoms with van der Waals surface area (Å²) in [5.74, 6) is -18.3. The second kappa shape index (κ2) is 65.6. The van der Waals surface area contributed by atoms with Crippen LogP contribution in [-0.4, -0.2) is 305 Å². The predicted molar refractivity (Wildman–Crippen MR) is 525 cm³/mol. The van der Waals surface area contributed by atoms with Gasteiger partial charge in [-0.05, 0) is 100 Å². The van der Waals surface area contributed by atoms with Gasteiger partial charge in [0.2, 0.25) is 100 Å². The van der Waals surface area contributed by atoms with Crippen LogP contribution in [0.1, 0.15) is 139 Å². The number of hydrogen-bond acceptors (Lipinski definition) is 29. The number of aliphatic imine (C=N–C) groups is 2. The first kappa shape index (κ1) is 120. The predicted octanol–water partition coefficient (Wildman–Crippen LogP) is -8.71. The van der Waals surface area contributed by atoms with Gasteiger partial charge in [-0.1, -0.05) is 97.4 Å². The van der Waals surface area contributed by atoms with Crippen molar-refractivity contribution in [1.29, 1.82) is 5.41 Å². The number of nitrogens with one attached hydrogen (secondary N) is 18. The molecule has 3 aromatic rings. The van der Waals surface area contributed by atoms with Gasteiger partial charge in [0.15, 0.2) is 17.7 Å². The first-order valence-electron chi connectivity index (χ1n) is 45.6. The van der Waals surface area contributed by atoms with E-state index >= 15 is 0 Å². The topological polar surface area (TPSA) is 854 Å². The van der Waals surface area contributed by atoms with Crippen molar-refractivity contribution >= 4 is 180 Å². The summed E-state index contributed by atoms with van der Waals surface area (Å²) >= 11 is 12.0. The van der Waals surface area contributed by atoms with E-state index in [1.54, 1.807) is 91.0 Å². The van der Waals surface area contributed by atoms with Gasteiger partial charge in [0.1, 0.15) is 72.5 Å². The van der Waals surface area contributed by atoms with Crippen LogP contribution in [0, 0.1) is 5.41 Å². The maximum Gasteiger partial charge on any atom is 0.327 e. The monoisotopic (exact) mass is 2050 g/mol. The number of Topliss-reactive ketones (excluding diaryl/α,β-unsaturated/α-hetero) is 1. The van der Waals surface area contributed by atoms with Gasteiger partial charge in [0, 0.05) is 75.4 Å².